The molecule has 4 aliphatic heterocycles. The first-order valence-electron chi connectivity index (χ1n) is 18.6. The second kappa shape index (κ2) is 14.6. The van der Waals surface area contributed by atoms with Gasteiger partial charge in [-0.3, -0.25) is 34.2 Å². The number of nitrogens with one attached hydrogen (secondary N) is 3. The summed E-state index contributed by atoms with van der Waals surface area (Å²) >= 11 is 0. The Bertz CT molecular complexity index is 2200. The molecule has 0 spiro atoms. The molecule has 0 bridgehead atoms. The van der Waals surface area contributed by atoms with E-state index in [0.717, 1.165) is 80.2 Å². The highest BCUT2D eigenvalue weighted by atomic mass is 16.5. The van der Waals surface area contributed by atoms with Gasteiger partial charge in [0.05, 0.1) is 30.9 Å². The average Bonchev–Trinajstić information content (AvgIpc) is 3.44. The second-order valence-corrected chi connectivity index (χ2v) is 14.5. The van der Waals surface area contributed by atoms with Gasteiger partial charge in [-0.05, 0) is 87.0 Å². The summed E-state index contributed by atoms with van der Waals surface area (Å²) in [6.45, 7) is 4.47. The summed E-state index contributed by atoms with van der Waals surface area (Å²) in [7, 11) is 3.08. The summed E-state index contributed by atoms with van der Waals surface area (Å²) in [6, 6.07) is 16.2. The molecule has 14 heteroatoms. The van der Waals surface area contributed by atoms with Crippen LogP contribution in [0.1, 0.15) is 59.2 Å². The minimum Gasteiger partial charge on any atom is -0.497 e. The lowest BCUT2D eigenvalue weighted by Gasteiger charge is -2.37. The van der Waals surface area contributed by atoms with Crippen molar-refractivity contribution < 1.29 is 28.7 Å². The Kier molecular flexibility index (Phi) is 9.52. The molecule has 280 valence electrons. The summed E-state index contributed by atoms with van der Waals surface area (Å²) < 4.78 is 10.8. The van der Waals surface area contributed by atoms with Gasteiger partial charge in [0.15, 0.2) is 0 Å². The molecular formula is C40H43N7O7. The van der Waals surface area contributed by atoms with Crippen LogP contribution in [0.2, 0.25) is 0 Å². The van der Waals surface area contributed by atoms with Gasteiger partial charge in [-0.2, -0.15) is 0 Å². The summed E-state index contributed by atoms with van der Waals surface area (Å²) in [5.74, 6) is 0.0415. The third-order valence-electron chi connectivity index (χ3n) is 11.2. The van der Waals surface area contributed by atoms with Gasteiger partial charge in [-0.15, -0.1) is 0 Å². The van der Waals surface area contributed by atoms with Crippen molar-refractivity contribution in [2.75, 3.05) is 56.7 Å². The SMILES string of the molecule is COc1cc(OC)c2c(=O)[nH]c(-c3ccc(N4CCC(CNC5CCCN(c6ccc7c(c6)C(=O)N(C6CCC(=O)NC6=O)C7=O)C5)CC4)cc3)nc2c1. The maximum atomic E-state index is 13.4. The summed E-state index contributed by atoms with van der Waals surface area (Å²) in [5, 5.41) is 6.45. The van der Waals surface area contributed by atoms with E-state index in [1.807, 2.05) is 18.2 Å². The standard InChI is InChI=1S/C40H43N7O7/c1-53-28-19-31-35(33(20-28)54-2)38(50)44-36(42-31)24-5-7-26(8-6-24)45-16-13-23(14-17-45)21-41-25-4-3-15-46(22-25)27-9-10-29-30(18-27)40(52)47(39(29)51)32-11-12-34(48)43-37(32)49/h5-10,18-20,23,25,32,41H,3-4,11-17,21-22H2,1-2H3,(H,42,44,50)(H,43,48,49). The average molecular weight is 734 g/mol. The first kappa shape index (κ1) is 35.3. The van der Waals surface area contributed by atoms with Gasteiger partial charge in [-0.1, -0.05) is 0 Å². The van der Waals surface area contributed by atoms with E-state index in [2.05, 4.69) is 37.6 Å². The number of benzene rings is 3. The number of aromatic nitrogens is 2. The molecule has 3 aromatic carbocycles. The van der Waals surface area contributed by atoms with Crippen LogP contribution in [0.15, 0.2) is 59.4 Å². The molecule has 1 aromatic heterocycles. The number of carbonyl (C=O) groups excluding carboxylic acids is 4. The molecule has 5 heterocycles. The normalized spacial score (nSPS) is 20.7. The van der Waals surface area contributed by atoms with Crippen molar-refractivity contribution in [1.82, 2.24) is 25.5 Å². The number of imide groups is 2. The minimum atomic E-state index is -0.974. The fraction of sp³-hybridized carbons (Fsp3) is 0.400. The van der Waals surface area contributed by atoms with Crippen molar-refractivity contribution in [3.05, 3.63) is 76.1 Å². The lowest BCUT2D eigenvalue weighted by atomic mass is 9.95. The Morgan fingerprint density at radius 2 is 1.57 bits per heavy atom. The molecule has 3 fully saturated rings. The number of amides is 4. The van der Waals surface area contributed by atoms with Crippen molar-refractivity contribution in [2.45, 2.75) is 50.6 Å². The number of rotatable bonds is 9. The summed E-state index contributed by atoms with van der Waals surface area (Å²) in [5.41, 5.74) is 3.66. The number of H-pyrrole nitrogens is 1. The number of nitrogens with zero attached hydrogens (tertiary/aromatic N) is 4. The number of ether oxygens (including phenoxy) is 2. The molecule has 3 saturated heterocycles. The number of piperidine rings is 3. The van der Waals surface area contributed by atoms with E-state index < -0.39 is 29.7 Å². The van der Waals surface area contributed by atoms with Crippen molar-refractivity contribution in [2.24, 2.45) is 5.92 Å². The van der Waals surface area contributed by atoms with Gasteiger partial charge >= 0.3 is 0 Å². The van der Waals surface area contributed by atoms with Crippen molar-refractivity contribution in [1.29, 1.82) is 0 Å². The van der Waals surface area contributed by atoms with E-state index in [-0.39, 0.29) is 18.4 Å². The Labute approximate surface area is 311 Å². The van der Waals surface area contributed by atoms with Gasteiger partial charge in [0.1, 0.15) is 28.8 Å². The van der Waals surface area contributed by atoms with E-state index in [1.165, 1.54) is 7.11 Å². The van der Waals surface area contributed by atoms with Crippen LogP contribution in [-0.4, -0.2) is 97.5 Å². The Hall–Kier alpha value is -5.76. The number of hydrogen-bond acceptors (Lipinski definition) is 11. The van der Waals surface area contributed by atoms with Crippen molar-refractivity contribution in [3.63, 3.8) is 0 Å². The number of hydrogen-bond donors (Lipinski definition) is 3. The number of fused-ring (bicyclic) bond motifs is 2. The van der Waals surface area contributed by atoms with Crippen LogP contribution in [0.4, 0.5) is 11.4 Å². The zero-order valence-corrected chi connectivity index (χ0v) is 30.4. The molecule has 14 nitrogen and oxygen atoms in total. The molecule has 3 N–H and O–H groups in total. The molecule has 4 aliphatic rings. The lowest BCUT2D eigenvalue weighted by Crippen LogP contribution is -2.54. The minimum absolute atomic E-state index is 0.0918. The number of anilines is 2. The van der Waals surface area contributed by atoms with Gasteiger partial charge in [-0.25, -0.2) is 4.98 Å². The number of carbonyl (C=O) groups is 4. The molecule has 4 aromatic rings. The first-order valence-corrected chi connectivity index (χ1v) is 18.6. The molecule has 2 unspecified atom stereocenters. The van der Waals surface area contributed by atoms with E-state index >= 15 is 0 Å². The number of aromatic amines is 1. The maximum Gasteiger partial charge on any atom is 0.262 e. The Morgan fingerprint density at radius 3 is 2.31 bits per heavy atom. The zero-order chi connectivity index (χ0) is 37.5. The van der Waals surface area contributed by atoms with Crippen LogP contribution in [0.3, 0.4) is 0 Å². The second-order valence-electron chi connectivity index (χ2n) is 14.5. The first-order chi connectivity index (χ1) is 26.2. The molecule has 0 aliphatic carbocycles. The quantitative estimate of drug-likeness (QED) is 0.216. The summed E-state index contributed by atoms with van der Waals surface area (Å²) in [6.07, 6.45) is 4.43. The van der Waals surface area contributed by atoms with Gasteiger partial charge in [0.2, 0.25) is 11.8 Å². The molecule has 4 amide bonds. The van der Waals surface area contributed by atoms with Crippen LogP contribution in [0.25, 0.3) is 22.3 Å². The van der Waals surface area contributed by atoms with Gasteiger partial charge in [0.25, 0.3) is 17.4 Å². The molecule has 0 radical (unpaired) electrons. The van der Waals surface area contributed by atoms with Gasteiger partial charge < -0.3 is 29.6 Å². The van der Waals surface area contributed by atoms with Crippen molar-refractivity contribution in [3.8, 4) is 22.9 Å². The van der Waals surface area contributed by atoms with Crippen LogP contribution in [0, 0.1) is 5.92 Å². The van der Waals surface area contributed by atoms with E-state index in [1.54, 1.807) is 31.4 Å². The molecule has 8 rings (SSSR count). The molecular weight excluding hydrogens is 690 g/mol. The fourth-order valence-corrected chi connectivity index (χ4v) is 8.22. The Morgan fingerprint density at radius 1 is 0.815 bits per heavy atom. The third kappa shape index (κ3) is 6.66. The predicted octanol–water partition coefficient (Wildman–Crippen LogP) is 3.48. The molecule has 2 atom stereocenters. The molecule has 54 heavy (non-hydrogen) atoms. The Balaban J connectivity index is 0.846. The zero-order valence-electron chi connectivity index (χ0n) is 30.4. The number of methoxy groups -OCH3 is 2. The van der Waals surface area contributed by atoms with E-state index in [4.69, 9.17) is 14.5 Å². The van der Waals surface area contributed by atoms with Crippen molar-refractivity contribution >= 4 is 45.9 Å². The van der Waals surface area contributed by atoms with E-state index in [9.17, 15) is 24.0 Å². The summed E-state index contributed by atoms with van der Waals surface area (Å²) in [4.78, 5) is 76.9. The van der Waals surface area contributed by atoms with Gasteiger partial charge in [0, 0.05) is 67.7 Å². The van der Waals surface area contributed by atoms with E-state index in [0.29, 0.717) is 51.3 Å². The fourth-order valence-electron chi connectivity index (χ4n) is 8.22. The van der Waals surface area contributed by atoms with Crippen LogP contribution in [0.5, 0.6) is 11.5 Å². The maximum absolute atomic E-state index is 13.4. The van der Waals surface area contributed by atoms with Crippen LogP contribution in [-0.2, 0) is 9.59 Å². The smallest absolute Gasteiger partial charge is 0.262 e. The third-order valence-corrected chi connectivity index (χ3v) is 11.2. The topological polar surface area (TPSA) is 166 Å². The largest absolute Gasteiger partial charge is 0.497 e. The monoisotopic (exact) mass is 733 g/mol. The van der Waals surface area contributed by atoms with Crippen LogP contribution < -0.4 is 35.5 Å². The highest BCUT2D eigenvalue weighted by Crippen LogP contribution is 2.33. The lowest BCUT2D eigenvalue weighted by molar-refractivity contribution is -0.136. The highest BCUT2D eigenvalue weighted by molar-refractivity contribution is 6.23. The predicted molar refractivity (Wildman–Crippen MR) is 202 cm³/mol. The van der Waals surface area contributed by atoms with Crippen LogP contribution >= 0.6 is 0 Å². The molecule has 0 saturated carbocycles. The highest BCUT2D eigenvalue weighted by Gasteiger charge is 2.45.